The van der Waals surface area contributed by atoms with Crippen molar-refractivity contribution in [2.45, 2.75) is 45.3 Å². The van der Waals surface area contributed by atoms with Gasteiger partial charge in [0.2, 0.25) is 0 Å². The Morgan fingerprint density at radius 2 is 2.11 bits per heavy atom. The minimum absolute atomic E-state index is 0.0275. The Bertz CT molecular complexity index is 308. The van der Waals surface area contributed by atoms with Gasteiger partial charge in [-0.15, -0.1) is 0 Å². The van der Waals surface area contributed by atoms with Crippen LogP contribution in [0.3, 0.4) is 0 Å². The fraction of sp³-hybridized carbons (Fsp3) is 0.833. The van der Waals surface area contributed by atoms with Crippen LogP contribution in [0.5, 0.6) is 0 Å². The third-order valence-corrected chi connectivity index (χ3v) is 3.38. The molecule has 1 aliphatic rings. The number of carboxylic acids is 1. The van der Waals surface area contributed by atoms with Crippen molar-refractivity contribution in [1.29, 1.82) is 0 Å². The molecule has 0 spiro atoms. The first kappa shape index (κ1) is 14.8. The van der Waals surface area contributed by atoms with Crippen molar-refractivity contribution in [3.63, 3.8) is 0 Å². The van der Waals surface area contributed by atoms with Gasteiger partial charge in [-0.05, 0) is 25.7 Å². The van der Waals surface area contributed by atoms with Gasteiger partial charge in [-0.25, -0.2) is 9.59 Å². The molecule has 2 amide bonds. The number of aliphatic carboxylic acids is 1. The molecule has 6 heteroatoms. The van der Waals surface area contributed by atoms with E-state index in [0.29, 0.717) is 5.92 Å². The summed E-state index contributed by atoms with van der Waals surface area (Å²) < 4.78 is 0. The highest BCUT2D eigenvalue weighted by Gasteiger charge is 2.26. The molecule has 1 fully saturated rings. The molecular weight excluding hydrogens is 236 g/mol. The van der Waals surface area contributed by atoms with Gasteiger partial charge in [0.05, 0.1) is 0 Å². The second-order valence-electron chi connectivity index (χ2n) is 5.05. The SMILES string of the molecule is CC1CCN(C(=O)NCCC(O)C(=O)O)C(C)C1. The molecule has 0 aromatic carbocycles. The minimum Gasteiger partial charge on any atom is -0.479 e. The molecule has 0 aromatic rings. The van der Waals surface area contributed by atoms with Crippen LogP contribution in [-0.2, 0) is 4.79 Å². The molecule has 0 bridgehead atoms. The summed E-state index contributed by atoms with van der Waals surface area (Å²) in [5, 5.41) is 20.2. The molecule has 0 radical (unpaired) electrons. The summed E-state index contributed by atoms with van der Waals surface area (Å²) in [5.74, 6) is -0.623. The topological polar surface area (TPSA) is 89.9 Å². The number of aliphatic hydroxyl groups is 1. The van der Waals surface area contributed by atoms with E-state index in [2.05, 4.69) is 12.2 Å². The lowest BCUT2D eigenvalue weighted by atomic mass is 9.94. The van der Waals surface area contributed by atoms with E-state index in [1.165, 1.54) is 0 Å². The van der Waals surface area contributed by atoms with Crippen molar-refractivity contribution in [3.8, 4) is 0 Å². The second-order valence-corrected chi connectivity index (χ2v) is 5.05. The summed E-state index contributed by atoms with van der Waals surface area (Å²) in [6.45, 7) is 5.09. The molecule has 3 atom stereocenters. The molecule has 0 aliphatic carbocycles. The normalized spacial score (nSPS) is 25.6. The summed E-state index contributed by atoms with van der Waals surface area (Å²) in [6, 6.07) is 0.0325. The summed E-state index contributed by atoms with van der Waals surface area (Å²) in [5.41, 5.74) is 0. The van der Waals surface area contributed by atoms with E-state index in [1.54, 1.807) is 4.90 Å². The number of carbonyl (C=O) groups excluding carboxylic acids is 1. The maximum atomic E-state index is 11.9. The lowest BCUT2D eigenvalue weighted by molar-refractivity contribution is -0.146. The Labute approximate surface area is 107 Å². The number of carbonyl (C=O) groups is 2. The molecule has 1 saturated heterocycles. The van der Waals surface area contributed by atoms with Gasteiger partial charge in [-0.2, -0.15) is 0 Å². The van der Waals surface area contributed by atoms with Crippen LogP contribution in [0.2, 0.25) is 0 Å². The lowest BCUT2D eigenvalue weighted by Crippen LogP contribution is -2.49. The van der Waals surface area contributed by atoms with Crippen LogP contribution in [-0.4, -0.2) is 52.3 Å². The van der Waals surface area contributed by atoms with Crippen LogP contribution >= 0.6 is 0 Å². The number of likely N-dealkylation sites (tertiary alicyclic amines) is 1. The minimum atomic E-state index is -1.41. The van der Waals surface area contributed by atoms with Gasteiger partial charge >= 0.3 is 12.0 Å². The van der Waals surface area contributed by atoms with E-state index < -0.39 is 12.1 Å². The van der Waals surface area contributed by atoms with Gasteiger partial charge in [0.1, 0.15) is 0 Å². The molecule has 6 nitrogen and oxygen atoms in total. The number of amides is 2. The first-order chi connectivity index (χ1) is 8.41. The molecule has 104 valence electrons. The fourth-order valence-electron chi connectivity index (χ4n) is 2.25. The summed E-state index contributed by atoms with van der Waals surface area (Å²) >= 11 is 0. The zero-order chi connectivity index (χ0) is 13.7. The van der Waals surface area contributed by atoms with Gasteiger partial charge in [0, 0.05) is 25.6 Å². The molecule has 3 unspecified atom stereocenters. The number of nitrogens with one attached hydrogen (secondary N) is 1. The van der Waals surface area contributed by atoms with Crippen molar-refractivity contribution in [2.75, 3.05) is 13.1 Å². The molecule has 1 rings (SSSR count). The predicted molar refractivity (Wildman–Crippen MR) is 66.2 cm³/mol. The first-order valence-corrected chi connectivity index (χ1v) is 6.37. The smallest absolute Gasteiger partial charge is 0.332 e. The number of nitrogens with zero attached hydrogens (tertiary/aromatic N) is 1. The Balaban J connectivity index is 2.30. The van der Waals surface area contributed by atoms with Gasteiger partial charge in [0.15, 0.2) is 6.10 Å². The maximum absolute atomic E-state index is 11.9. The van der Waals surface area contributed by atoms with E-state index >= 15 is 0 Å². The predicted octanol–water partition coefficient (Wildman–Crippen LogP) is 0.652. The van der Waals surface area contributed by atoms with E-state index in [-0.39, 0.29) is 25.0 Å². The highest BCUT2D eigenvalue weighted by atomic mass is 16.4. The zero-order valence-electron chi connectivity index (χ0n) is 10.9. The average Bonchev–Trinajstić information content (AvgIpc) is 2.28. The molecule has 1 heterocycles. The Kier molecular flexibility index (Phi) is 5.40. The van der Waals surface area contributed by atoms with Crippen molar-refractivity contribution in [2.24, 2.45) is 5.92 Å². The van der Waals surface area contributed by atoms with Crippen LogP contribution < -0.4 is 5.32 Å². The highest BCUT2D eigenvalue weighted by molar-refractivity contribution is 5.75. The van der Waals surface area contributed by atoms with Crippen molar-refractivity contribution in [1.82, 2.24) is 10.2 Å². The number of rotatable bonds is 4. The molecule has 3 N–H and O–H groups in total. The van der Waals surface area contributed by atoms with Gasteiger partial charge in [-0.3, -0.25) is 0 Å². The number of carboxylic acid groups (broad SMARTS) is 1. The largest absolute Gasteiger partial charge is 0.479 e. The van der Waals surface area contributed by atoms with Crippen LogP contribution in [0.25, 0.3) is 0 Å². The van der Waals surface area contributed by atoms with E-state index in [4.69, 9.17) is 10.2 Å². The molecule has 1 aliphatic heterocycles. The van der Waals surface area contributed by atoms with E-state index in [0.717, 1.165) is 19.4 Å². The number of hydrogen-bond donors (Lipinski definition) is 3. The second kappa shape index (κ2) is 6.58. The monoisotopic (exact) mass is 258 g/mol. The standard InChI is InChI=1S/C12H22N2O4/c1-8-4-6-14(9(2)7-8)12(18)13-5-3-10(15)11(16)17/h8-10,15H,3-7H2,1-2H3,(H,13,18)(H,16,17). The van der Waals surface area contributed by atoms with Crippen LogP contribution in [0.15, 0.2) is 0 Å². The molecule has 0 aromatic heterocycles. The fourth-order valence-corrected chi connectivity index (χ4v) is 2.25. The van der Waals surface area contributed by atoms with Gasteiger partial charge in [-0.1, -0.05) is 6.92 Å². The van der Waals surface area contributed by atoms with Crippen molar-refractivity contribution < 1.29 is 19.8 Å². The van der Waals surface area contributed by atoms with Crippen LogP contribution in [0.1, 0.15) is 33.1 Å². The number of hydrogen-bond acceptors (Lipinski definition) is 3. The Morgan fingerprint density at radius 1 is 1.44 bits per heavy atom. The highest BCUT2D eigenvalue weighted by Crippen LogP contribution is 2.21. The van der Waals surface area contributed by atoms with Crippen molar-refractivity contribution >= 4 is 12.0 Å². The van der Waals surface area contributed by atoms with Crippen LogP contribution in [0.4, 0.5) is 4.79 Å². The maximum Gasteiger partial charge on any atom is 0.332 e. The van der Waals surface area contributed by atoms with Gasteiger partial charge < -0.3 is 20.4 Å². The van der Waals surface area contributed by atoms with E-state index in [1.807, 2.05) is 6.92 Å². The Hall–Kier alpha value is -1.30. The number of piperidine rings is 1. The molecular formula is C12H22N2O4. The first-order valence-electron chi connectivity index (χ1n) is 6.37. The third-order valence-electron chi connectivity index (χ3n) is 3.38. The average molecular weight is 258 g/mol. The van der Waals surface area contributed by atoms with Gasteiger partial charge in [0.25, 0.3) is 0 Å². The number of urea groups is 1. The lowest BCUT2D eigenvalue weighted by Gasteiger charge is -2.36. The quantitative estimate of drug-likeness (QED) is 0.690. The number of aliphatic hydroxyl groups excluding tert-OH is 1. The molecule has 0 saturated carbocycles. The summed E-state index contributed by atoms with van der Waals surface area (Å²) in [7, 11) is 0. The molecule has 18 heavy (non-hydrogen) atoms. The summed E-state index contributed by atoms with van der Waals surface area (Å²) in [4.78, 5) is 24.0. The summed E-state index contributed by atoms with van der Waals surface area (Å²) in [6.07, 6.45) is 0.601. The van der Waals surface area contributed by atoms with Crippen molar-refractivity contribution in [3.05, 3.63) is 0 Å². The zero-order valence-corrected chi connectivity index (χ0v) is 10.9. The third kappa shape index (κ3) is 4.18. The Morgan fingerprint density at radius 3 is 2.67 bits per heavy atom. The van der Waals surface area contributed by atoms with E-state index in [9.17, 15) is 9.59 Å². The van der Waals surface area contributed by atoms with Crippen LogP contribution in [0, 0.1) is 5.92 Å².